The molecule has 0 radical (unpaired) electrons. The summed E-state index contributed by atoms with van der Waals surface area (Å²) in [4.78, 5) is 12.8. The second-order valence-electron chi connectivity index (χ2n) is 6.40. The molecular formula is C25H24O6. The van der Waals surface area contributed by atoms with Crippen LogP contribution in [0.1, 0.15) is 0 Å². The lowest BCUT2D eigenvalue weighted by Gasteiger charge is -2.11. The smallest absolute Gasteiger partial charge is 0.197 e. The van der Waals surface area contributed by atoms with Gasteiger partial charge in [-0.3, -0.25) is 4.79 Å². The average Bonchev–Trinajstić information content (AvgIpc) is 2.74. The molecule has 0 saturated carbocycles. The van der Waals surface area contributed by atoms with Gasteiger partial charge in [-0.05, 0) is 30.3 Å². The fourth-order valence-electron chi connectivity index (χ4n) is 2.72. The van der Waals surface area contributed by atoms with Crippen molar-refractivity contribution in [2.75, 3.05) is 26.9 Å². The van der Waals surface area contributed by atoms with Crippen LogP contribution in [0.5, 0.6) is 17.2 Å². The van der Waals surface area contributed by atoms with Crippen molar-refractivity contribution in [3.05, 3.63) is 90.3 Å². The standard InChI is InChI=1S/C22H20O5.C3H4O/c1-4-10-25-17-12-20(26-11-5-2)22-18(23)14-19(27-21(22)13-17)15-6-8-16(24-3)9-7-15;1-2-4-3-1/h4-9,12-14H,1-2,10-11H2,3H3;1-2H,3H2. The van der Waals surface area contributed by atoms with E-state index in [0.717, 1.165) is 17.9 Å². The number of benzene rings is 2. The van der Waals surface area contributed by atoms with E-state index in [2.05, 4.69) is 17.9 Å². The van der Waals surface area contributed by atoms with E-state index in [9.17, 15) is 4.79 Å². The van der Waals surface area contributed by atoms with Crippen LogP contribution in [0, 0.1) is 0 Å². The highest BCUT2D eigenvalue weighted by atomic mass is 16.5. The van der Waals surface area contributed by atoms with Crippen molar-refractivity contribution < 1.29 is 23.4 Å². The SMILES string of the molecule is C1=COC1.C=CCOc1cc(OCC=C)c2c(=O)cc(-c3ccc(OC)cc3)oc2c1. The van der Waals surface area contributed by atoms with Gasteiger partial charge < -0.3 is 23.4 Å². The Bertz CT molecular complexity index is 1120. The summed E-state index contributed by atoms with van der Waals surface area (Å²) in [6.45, 7) is 8.69. The summed E-state index contributed by atoms with van der Waals surface area (Å²) in [6, 6.07) is 12.1. The van der Waals surface area contributed by atoms with Gasteiger partial charge in [0.05, 0.1) is 13.4 Å². The first-order valence-corrected chi connectivity index (χ1v) is 9.66. The Hall–Kier alpha value is -3.93. The first-order valence-electron chi connectivity index (χ1n) is 9.66. The number of rotatable bonds is 8. The molecule has 0 saturated heterocycles. The molecule has 0 unspecified atom stereocenters. The van der Waals surface area contributed by atoms with Gasteiger partial charge in [0, 0.05) is 23.8 Å². The maximum atomic E-state index is 12.8. The number of fused-ring (bicyclic) bond motifs is 1. The van der Waals surface area contributed by atoms with Gasteiger partial charge in [-0.2, -0.15) is 0 Å². The molecule has 160 valence electrons. The second kappa shape index (κ2) is 10.7. The number of ether oxygens (including phenoxy) is 4. The van der Waals surface area contributed by atoms with E-state index in [-0.39, 0.29) is 12.0 Å². The van der Waals surface area contributed by atoms with Crippen LogP contribution in [0.15, 0.2) is 89.3 Å². The van der Waals surface area contributed by atoms with Gasteiger partial charge in [-0.15, -0.1) is 0 Å². The molecule has 0 spiro atoms. The monoisotopic (exact) mass is 420 g/mol. The summed E-state index contributed by atoms with van der Waals surface area (Å²) in [5.74, 6) is 2.09. The topological polar surface area (TPSA) is 67.1 Å². The van der Waals surface area contributed by atoms with E-state index in [4.69, 9.17) is 18.6 Å². The van der Waals surface area contributed by atoms with Crippen LogP contribution in [0.25, 0.3) is 22.3 Å². The van der Waals surface area contributed by atoms with E-state index in [1.54, 1.807) is 37.7 Å². The molecule has 0 amide bonds. The Labute approximate surface area is 180 Å². The molecule has 0 aliphatic carbocycles. The number of methoxy groups -OCH3 is 1. The summed E-state index contributed by atoms with van der Waals surface area (Å²) in [6.07, 6.45) is 6.88. The predicted octanol–water partition coefficient (Wildman–Crippen LogP) is 5.13. The first-order chi connectivity index (χ1) is 15.2. The minimum atomic E-state index is -0.198. The zero-order valence-electron chi connectivity index (χ0n) is 17.3. The Morgan fingerprint density at radius 3 is 2.23 bits per heavy atom. The average molecular weight is 420 g/mol. The molecule has 2 aromatic carbocycles. The van der Waals surface area contributed by atoms with Gasteiger partial charge in [0.15, 0.2) is 5.43 Å². The highest BCUT2D eigenvalue weighted by molar-refractivity contribution is 5.86. The summed E-state index contributed by atoms with van der Waals surface area (Å²) in [5.41, 5.74) is 0.950. The Morgan fingerprint density at radius 2 is 1.65 bits per heavy atom. The predicted molar refractivity (Wildman–Crippen MR) is 121 cm³/mol. The van der Waals surface area contributed by atoms with E-state index in [0.29, 0.717) is 34.8 Å². The first kappa shape index (κ1) is 21.8. The molecule has 6 heteroatoms. The summed E-state index contributed by atoms with van der Waals surface area (Å²) in [5, 5.41) is 0.361. The van der Waals surface area contributed by atoms with Crippen molar-refractivity contribution in [2.24, 2.45) is 0 Å². The number of hydrogen-bond donors (Lipinski definition) is 0. The van der Waals surface area contributed by atoms with Crippen LogP contribution < -0.4 is 19.6 Å². The largest absolute Gasteiger partial charge is 0.497 e. The van der Waals surface area contributed by atoms with Crippen molar-refractivity contribution in [3.63, 3.8) is 0 Å². The summed E-state index contributed by atoms with van der Waals surface area (Å²) in [7, 11) is 1.60. The second-order valence-corrected chi connectivity index (χ2v) is 6.40. The highest BCUT2D eigenvalue weighted by Gasteiger charge is 2.14. The molecule has 1 aromatic heterocycles. The Kier molecular flexibility index (Phi) is 7.54. The van der Waals surface area contributed by atoms with Crippen molar-refractivity contribution >= 4 is 11.0 Å². The van der Waals surface area contributed by atoms with E-state index >= 15 is 0 Å². The highest BCUT2D eigenvalue weighted by Crippen LogP contribution is 2.32. The quantitative estimate of drug-likeness (QED) is 0.471. The van der Waals surface area contributed by atoms with Crippen molar-refractivity contribution in [2.45, 2.75) is 0 Å². The van der Waals surface area contributed by atoms with E-state index in [1.165, 1.54) is 6.07 Å². The Morgan fingerprint density at radius 1 is 1.00 bits per heavy atom. The van der Waals surface area contributed by atoms with Crippen LogP contribution in [-0.2, 0) is 4.74 Å². The van der Waals surface area contributed by atoms with Crippen LogP contribution in [0.4, 0.5) is 0 Å². The molecule has 6 nitrogen and oxygen atoms in total. The zero-order valence-corrected chi connectivity index (χ0v) is 17.3. The van der Waals surface area contributed by atoms with Crippen molar-refractivity contribution in [1.29, 1.82) is 0 Å². The maximum absolute atomic E-state index is 12.8. The van der Waals surface area contributed by atoms with Crippen LogP contribution in [0.3, 0.4) is 0 Å². The lowest BCUT2D eigenvalue weighted by molar-refractivity contribution is 0.243. The Balaban J connectivity index is 0.000000610. The maximum Gasteiger partial charge on any atom is 0.197 e. The molecule has 31 heavy (non-hydrogen) atoms. The molecule has 2 heterocycles. The number of hydrogen-bond acceptors (Lipinski definition) is 6. The summed E-state index contributed by atoms with van der Waals surface area (Å²) < 4.78 is 26.9. The molecule has 4 rings (SSSR count). The van der Waals surface area contributed by atoms with Gasteiger partial charge in [-0.25, -0.2) is 0 Å². The lowest BCUT2D eigenvalue weighted by Crippen LogP contribution is -2.05. The van der Waals surface area contributed by atoms with E-state index in [1.807, 2.05) is 30.3 Å². The fourth-order valence-corrected chi connectivity index (χ4v) is 2.72. The molecule has 1 aliphatic rings. The molecule has 0 atom stereocenters. The zero-order chi connectivity index (χ0) is 22.1. The minimum Gasteiger partial charge on any atom is -0.497 e. The van der Waals surface area contributed by atoms with Gasteiger partial charge in [0.2, 0.25) is 0 Å². The van der Waals surface area contributed by atoms with Gasteiger partial charge in [-0.1, -0.05) is 25.3 Å². The van der Waals surface area contributed by atoms with Crippen LogP contribution >= 0.6 is 0 Å². The third-order valence-corrected chi connectivity index (χ3v) is 4.25. The van der Waals surface area contributed by atoms with Gasteiger partial charge in [0.25, 0.3) is 0 Å². The van der Waals surface area contributed by atoms with Crippen molar-refractivity contribution in [3.8, 4) is 28.6 Å². The minimum absolute atomic E-state index is 0.198. The third kappa shape index (κ3) is 5.57. The molecule has 1 aliphatic heterocycles. The fraction of sp³-hybridized carbons (Fsp3) is 0.160. The molecule has 3 aromatic rings. The lowest BCUT2D eigenvalue weighted by atomic mass is 10.1. The molecule has 0 N–H and O–H groups in total. The molecule has 0 fully saturated rings. The molecular weight excluding hydrogens is 396 g/mol. The van der Waals surface area contributed by atoms with E-state index < -0.39 is 0 Å². The van der Waals surface area contributed by atoms with Crippen LogP contribution in [-0.4, -0.2) is 26.9 Å². The summed E-state index contributed by atoms with van der Waals surface area (Å²) >= 11 is 0. The van der Waals surface area contributed by atoms with Crippen molar-refractivity contribution in [1.82, 2.24) is 0 Å². The van der Waals surface area contributed by atoms with Crippen LogP contribution in [0.2, 0.25) is 0 Å². The normalized spacial score (nSPS) is 11.4. The molecule has 0 bridgehead atoms. The van der Waals surface area contributed by atoms with Gasteiger partial charge in [0.1, 0.15) is 53.8 Å². The third-order valence-electron chi connectivity index (χ3n) is 4.25. The van der Waals surface area contributed by atoms with Gasteiger partial charge >= 0.3 is 0 Å².